The average molecular weight is 286 g/mol. The molecule has 0 aromatic heterocycles. The Balaban J connectivity index is 1.40. The van der Waals surface area contributed by atoms with Crippen LogP contribution in [-0.2, 0) is 6.42 Å². The zero-order chi connectivity index (χ0) is 14.3. The van der Waals surface area contributed by atoms with Crippen molar-refractivity contribution in [1.82, 2.24) is 9.80 Å². The van der Waals surface area contributed by atoms with Crippen molar-refractivity contribution in [2.24, 2.45) is 0 Å². The third-order valence-electron chi connectivity index (χ3n) is 5.27. The normalized spacial score (nSPS) is 23.0. The lowest BCUT2D eigenvalue weighted by Gasteiger charge is -2.38. The van der Waals surface area contributed by atoms with Gasteiger partial charge in [0.1, 0.15) is 0 Å². The van der Waals surface area contributed by atoms with Gasteiger partial charge in [0.05, 0.1) is 0 Å². The minimum atomic E-state index is 0.871. The topological polar surface area (TPSA) is 6.48 Å². The van der Waals surface area contributed by atoms with Gasteiger partial charge in [-0.05, 0) is 63.8 Å². The molecule has 2 heteroatoms. The van der Waals surface area contributed by atoms with Gasteiger partial charge in [-0.1, -0.05) is 43.2 Å². The number of benzene rings is 1. The highest BCUT2D eigenvalue weighted by Gasteiger charge is 2.24. The summed E-state index contributed by atoms with van der Waals surface area (Å²) in [5, 5.41) is 0. The molecule has 2 nitrogen and oxygen atoms in total. The summed E-state index contributed by atoms with van der Waals surface area (Å²) in [7, 11) is 0. The largest absolute Gasteiger partial charge is 0.303 e. The Kier molecular flexibility index (Phi) is 5.70. The van der Waals surface area contributed by atoms with Crippen LogP contribution in [0, 0.1) is 0 Å². The molecule has 2 aliphatic heterocycles. The Morgan fingerprint density at radius 3 is 2.14 bits per heavy atom. The van der Waals surface area contributed by atoms with Crippen molar-refractivity contribution < 1.29 is 0 Å². The predicted molar refractivity (Wildman–Crippen MR) is 89.6 cm³/mol. The molecule has 0 atom stereocenters. The van der Waals surface area contributed by atoms with E-state index in [0.29, 0.717) is 0 Å². The van der Waals surface area contributed by atoms with Gasteiger partial charge in [0.25, 0.3) is 0 Å². The molecule has 0 aliphatic carbocycles. The number of likely N-dealkylation sites (tertiary alicyclic amines) is 2. The molecule has 21 heavy (non-hydrogen) atoms. The fourth-order valence-corrected chi connectivity index (χ4v) is 3.90. The summed E-state index contributed by atoms with van der Waals surface area (Å²) in [4.78, 5) is 5.46. The van der Waals surface area contributed by atoms with Crippen molar-refractivity contribution in [2.75, 3.05) is 32.7 Å². The number of rotatable bonds is 4. The first-order valence-electron chi connectivity index (χ1n) is 8.92. The van der Waals surface area contributed by atoms with Crippen molar-refractivity contribution in [3.8, 4) is 0 Å². The van der Waals surface area contributed by atoms with Gasteiger partial charge >= 0.3 is 0 Å². The van der Waals surface area contributed by atoms with E-state index in [1.54, 1.807) is 0 Å². The Labute approximate surface area is 130 Å². The van der Waals surface area contributed by atoms with Crippen LogP contribution < -0.4 is 0 Å². The molecule has 2 heterocycles. The lowest BCUT2D eigenvalue weighted by molar-refractivity contribution is 0.111. The van der Waals surface area contributed by atoms with Crippen molar-refractivity contribution >= 4 is 0 Å². The molecule has 116 valence electrons. The van der Waals surface area contributed by atoms with Crippen molar-refractivity contribution in [3.05, 3.63) is 35.9 Å². The maximum Gasteiger partial charge on any atom is 0.0120 e. The number of piperidine rings is 1. The Hall–Kier alpha value is -0.860. The van der Waals surface area contributed by atoms with Crippen LogP contribution in [0.5, 0.6) is 0 Å². The van der Waals surface area contributed by atoms with Gasteiger partial charge in [0.2, 0.25) is 0 Å². The molecule has 2 saturated heterocycles. The van der Waals surface area contributed by atoms with E-state index in [1.165, 1.54) is 83.2 Å². The number of nitrogens with zero attached hydrogens (tertiary/aromatic N) is 2. The first-order valence-corrected chi connectivity index (χ1v) is 8.92. The van der Waals surface area contributed by atoms with Crippen LogP contribution in [0.2, 0.25) is 0 Å². The van der Waals surface area contributed by atoms with Crippen molar-refractivity contribution in [3.63, 3.8) is 0 Å². The Morgan fingerprint density at radius 1 is 0.810 bits per heavy atom. The molecule has 1 aromatic carbocycles. The van der Waals surface area contributed by atoms with E-state index < -0.39 is 0 Å². The summed E-state index contributed by atoms with van der Waals surface area (Å²) >= 11 is 0. The molecule has 2 fully saturated rings. The molecular formula is C19H30N2. The SMILES string of the molecule is c1ccc(CCN2CCC(N3CCCCCC3)CC2)cc1. The smallest absolute Gasteiger partial charge is 0.0120 e. The van der Waals surface area contributed by atoms with E-state index in [-0.39, 0.29) is 0 Å². The lowest BCUT2D eigenvalue weighted by Crippen LogP contribution is -2.45. The molecule has 1 aromatic rings. The Bertz CT molecular complexity index is 387. The zero-order valence-corrected chi connectivity index (χ0v) is 13.3. The molecule has 0 radical (unpaired) electrons. The average Bonchev–Trinajstić information content (AvgIpc) is 2.84. The van der Waals surface area contributed by atoms with Crippen LogP contribution in [0.15, 0.2) is 30.3 Å². The summed E-state index contributed by atoms with van der Waals surface area (Å²) in [5.41, 5.74) is 1.48. The van der Waals surface area contributed by atoms with Crippen molar-refractivity contribution in [2.45, 2.75) is 51.0 Å². The standard InChI is InChI=1S/C19H30N2/c1-2-7-14-21(13-6-1)19-11-16-20(17-12-19)15-10-18-8-4-3-5-9-18/h3-5,8-9,19H,1-2,6-7,10-17H2. The van der Waals surface area contributed by atoms with E-state index in [2.05, 4.69) is 40.1 Å². The fourth-order valence-electron chi connectivity index (χ4n) is 3.90. The molecule has 0 bridgehead atoms. The van der Waals surface area contributed by atoms with E-state index in [1.807, 2.05) is 0 Å². The molecular weight excluding hydrogens is 256 g/mol. The van der Waals surface area contributed by atoms with Crippen LogP contribution in [-0.4, -0.2) is 48.6 Å². The monoisotopic (exact) mass is 286 g/mol. The lowest BCUT2D eigenvalue weighted by atomic mass is 10.0. The molecule has 0 N–H and O–H groups in total. The van der Waals surface area contributed by atoms with Crippen molar-refractivity contribution in [1.29, 1.82) is 0 Å². The van der Waals surface area contributed by atoms with Crippen LogP contribution >= 0.6 is 0 Å². The summed E-state index contributed by atoms with van der Waals surface area (Å²) in [5.74, 6) is 0. The van der Waals surface area contributed by atoms with Gasteiger partial charge in [-0.2, -0.15) is 0 Å². The van der Waals surface area contributed by atoms with E-state index >= 15 is 0 Å². The predicted octanol–water partition coefficient (Wildman–Crippen LogP) is 3.57. The van der Waals surface area contributed by atoms with Gasteiger partial charge in [-0.25, -0.2) is 0 Å². The highest BCUT2D eigenvalue weighted by molar-refractivity contribution is 5.14. The van der Waals surface area contributed by atoms with Gasteiger partial charge in [-0.15, -0.1) is 0 Å². The third-order valence-corrected chi connectivity index (χ3v) is 5.27. The molecule has 0 amide bonds. The minimum absolute atomic E-state index is 0.871. The first kappa shape index (κ1) is 15.1. The molecule has 3 rings (SSSR count). The van der Waals surface area contributed by atoms with E-state index in [9.17, 15) is 0 Å². The molecule has 0 unspecified atom stereocenters. The highest BCUT2D eigenvalue weighted by Crippen LogP contribution is 2.20. The minimum Gasteiger partial charge on any atom is -0.303 e. The van der Waals surface area contributed by atoms with Gasteiger partial charge in [0.15, 0.2) is 0 Å². The maximum atomic E-state index is 2.79. The van der Waals surface area contributed by atoms with Crippen LogP contribution in [0.25, 0.3) is 0 Å². The summed E-state index contributed by atoms with van der Waals surface area (Å²) < 4.78 is 0. The summed E-state index contributed by atoms with van der Waals surface area (Å²) in [6.45, 7) is 6.54. The van der Waals surface area contributed by atoms with Crippen LogP contribution in [0.1, 0.15) is 44.1 Å². The Morgan fingerprint density at radius 2 is 1.48 bits per heavy atom. The van der Waals surface area contributed by atoms with Crippen LogP contribution in [0.4, 0.5) is 0 Å². The van der Waals surface area contributed by atoms with Crippen LogP contribution in [0.3, 0.4) is 0 Å². The molecule has 0 saturated carbocycles. The zero-order valence-electron chi connectivity index (χ0n) is 13.3. The van der Waals surface area contributed by atoms with Gasteiger partial charge in [-0.3, -0.25) is 0 Å². The maximum absolute atomic E-state index is 2.79. The fraction of sp³-hybridized carbons (Fsp3) is 0.684. The molecule has 0 spiro atoms. The van der Waals surface area contributed by atoms with Gasteiger partial charge in [0, 0.05) is 12.6 Å². The van der Waals surface area contributed by atoms with E-state index in [0.717, 1.165) is 6.04 Å². The second kappa shape index (κ2) is 7.95. The first-order chi connectivity index (χ1) is 10.4. The highest BCUT2D eigenvalue weighted by atomic mass is 15.2. The second-order valence-corrected chi connectivity index (χ2v) is 6.76. The van der Waals surface area contributed by atoms with Gasteiger partial charge < -0.3 is 9.80 Å². The second-order valence-electron chi connectivity index (χ2n) is 6.76. The van der Waals surface area contributed by atoms with E-state index in [4.69, 9.17) is 0 Å². The quantitative estimate of drug-likeness (QED) is 0.835. The molecule has 2 aliphatic rings. The summed E-state index contributed by atoms with van der Waals surface area (Å²) in [6, 6.07) is 11.8. The number of hydrogen-bond donors (Lipinski definition) is 0. The third kappa shape index (κ3) is 4.55. The number of hydrogen-bond acceptors (Lipinski definition) is 2. The summed E-state index contributed by atoms with van der Waals surface area (Å²) in [6.07, 6.45) is 9.72.